The van der Waals surface area contributed by atoms with E-state index in [1.165, 1.54) is 7.11 Å². The number of hydrogen-bond donors (Lipinski definition) is 1. The van der Waals surface area contributed by atoms with Gasteiger partial charge < -0.3 is 15.4 Å². The first-order valence-corrected chi connectivity index (χ1v) is 8.00. The highest BCUT2D eigenvalue weighted by Crippen LogP contribution is 2.28. The molecular formula is C16H32N2O3. The minimum Gasteiger partial charge on any atom is -0.468 e. The quantitative estimate of drug-likeness (QED) is 0.628. The zero-order valence-corrected chi connectivity index (χ0v) is 14.3. The number of nitrogens with two attached hydrogens (primary N) is 1. The number of methoxy groups -OCH3 is 1. The minimum atomic E-state index is -0.569. The van der Waals surface area contributed by atoms with Gasteiger partial charge in [0.25, 0.3) is 0 Å². The largest absolute Gasteiger partial charge is 0.468 e. The molecule has 0 atom stereocenters. The molecule has 0 spiro atoms. The van der Waals surface area contributed by atoms with Crippen LogP contribution in [-0.4, -0.2) is 43.5 Å². The van der Waals surface area contributed by atoms with Crippen molar-refractivity contribution in [1.82, 2.24) is 4.90 Å². The monoisotopic (exact) mass is 300 g/mol. The van der Waals surface area contributed by atoms with Gasteiger partial charge in [0.15, 0.2) is 0 Å². The number of nitrogens with zero attached hydrogens (tertiary/aromatic N) is 1. The van der Waals surface area contributed by atoms with Gasteiger partial charge >= 0.3 is 5.97 Å². The van der Waals surface area contributed by atoms with Crippen LogP contribution in [0.5, 0.6) is 0 Å². The average Bonchev–Trinajstić information content (AvgIpc) is 2.53. The maximum atomic E-state index is 12.9. The highest BCUT2D eigenvalue weighted by Gasteiger charge is 2.38. The van der Waals surface area contributed by atoms with Crippen molar-refractivity contribution in [2.24, 2.45) is 17.1 Å². The summed E-state index contributed by atoms with van der Waals surface area (Å²) in [4.78, 5) is 26.2. The number of carbonyl (C=O) groups excluding carboxylic acids is 2. The summed E-state index contributed by atoms with van der Waals surface area (Å²) in [6.45, 7) is 9.05. The van der Waals surface area contributed by atoms with Crippen LogP contribution in [0.3, 0.4) is 0 Å². The first-order chi connectivity index (χ1) is 9.94. The van der Waals surface area contributed by atoms with Crippen molar-refractivity contribution in [2.75, 3.05) is 26.7 Å². The minimum absolute atomic E-state index is 0.00752. The molecule has 0 aliphatic carbocycles. The van der Waals surface area contributed by atoms with Gasteiger partial charge in [-0.2, -0.15) is 0 Å². The molecule has 21 heavy (non-hydrogen) atoms. The van der Waals surface area contributed by atoms with E-state index >= 15 is 0 Å². The van der Waals surface area contributed by atoms with E-state index in [0.29, 0.717) is 31.8 Å². The predicted octanol–water partition coefficient (Wildman–Crippen LogP) is 2.19. The molecule has 0 radical (unpaired) electrons. The molecule has 0 aromatic heterocycles. The van der Waals surface area contributed by atoms with Crippen LogP contribution in [0.15, 0.2) is 0 Å². The Bertz CT molecular complexity index is 315. The summed E-state index contributed by atoms with van der Waals surface area (Å²) in [7, 11) is 1.35. The Morgan fingerprint density at radius 1 is 1.14 bits per heavy atom. The Balaban J connectivity index is 5.25. The number of carbonyl (C=O) groups is 2. The van der Waals surface area contributed by atoms with E-state index in [0.717, 1.165) is 12.8 Å². The molecule has 0 rings (SSSR count). The Kier molecular flexibility index (Phi) is 9.26. The van der Waals surface area contributed by atoms with Crippen molar-refractivity contribution in [3.8, 4) is 0 Å². The normalized spacial score (nSPS) is 11.6. The van der Waals surface area contributed by atoms with Gasteiger partial charge in [-0.05, 0) is 18.8 Å². The smallest absolute Gasteiger partial charge is 0.325 e. The van der Waals surface area contributed by atoms with Crippen LogP contribution >= 0.6 is 0 Å². The van der Waals surface area contributed by atoms with Crippen LogP contribution in [0.4, 0.5) is 0 Å². The van der Waals surface area contributed by atoms with Crippen LogP contribution in [0, 0.1) is 11.3 Å². The van der Waals surface area contributed by atoms with Crippen LogP contribution < -0.4 is 5.73 Å². The Labute approximate surface area is 129 Å². The maximum Gasteiger partial charge on any atom is 0.325 e. The van der Waals surface area contributed by atoms with E-state index in [1.54, 1.807) is 4.90 Å². The number of amides is 1. The van der Waals surface area contributed by atoms with Gasteiger partial charge in [-0.1, -0.05) is 40.5 Å². The topological polar surface area (TPSA) is 72.6 Å². The van der Waals surface area contributed by atoms with Gasteiger partial charge in [0.1, 0.15) is 6.54 Å². The van der Waals surface area contributed by atoms with Gasteiger partial charge in [-0.15, -0.1) is 0 Å². The van der Waals surface area contributed by atoms with E-state index in [1.807, 2.05) is 13.8 Å². The number of ether oxygens (including phenoxy) is 1. The molecule has 0 aromatic rings. The molecule has 0 aromatic carbocycles. The number of esters is 1. The predicted molar refractivity (Wildman–Crippen MR) is 84.7 cm³/mol. The van der Waals surface area contributed by atoms with Crippen LogP contribution in [0.2, 0.25) is 0 Å². The molecule has 0 heterocycles. The fourth-order valence-electron chi connectivity index (χ4n) is 2.56. The van der Waals surface area contributed by atoms with Crippen LogP contribution in [-0.2, 0) is 14.3 Å². The summed E-state index contributed by atoms with van der Waals surface area (Å²) < 4.78 is 4.73. The molecule has 5 nitrogen and oxygen atoms in total. The third-order valence-corrected chi connectivity index (χ3v) is 4.67. The standard InChI is InChI=1S/C16H32N2O3/c1-6-13(7-2)10-18(11-14(19)21-5)15(20)16(8-3,9-4)12-17/h13H,6-12,17H2,1-5H3. The second-order valence-corrected chi connectivity index (χ2v) is 5.64. The van der Waals surface area contributed by atoms with Crippen LogP contribution in [0.25, 0.3) is 0 Å². The fourth-order valence-corrected chi connectivity index (χ4v) is 2.56. The first-order valence-electron chi connectivity index (χ1n) is 8.00. The summed E-state index contributed by atoms with van der Waals surface area (Å²) in [6, 6.07) is 0. The lowest BCUT2D eigenvalue weighted by atomic mass is 9.80. The second kappa shape index (κ2) is 9.77. The lowest BCUT2D eigenvalue weighted by Crippen LogP contribution is -2.50. The summed E-state index contributed by atoms with van der Waals surface area (Å²) in [6.07, 6.45) is 3.32. The zero-order valence-electron chi connectivity index (χ0n) is 14.3. The maximum absolute atomic E-state index is 12.9. The van der Waals surface area contributed by atoms with Crippen molar-refractivity contribution < 1.29 is 14.3 Å². The summed E-state index contributed by atoms with van der Waals surface area (Å²) in [5.41, 5.74) is 5.29. The average molecular weight is 300 g/mol. The van der Waals surface area contributed by atoms with E-state index in [2.05, 4.69) is 13.8 Å². The lowest BCUT2D eigenvalue weighted by Gasteiger charge is -2.36. The van der Waals surface area contributed by atoms with Gasteiger partial charge in [-0.3, -0.25) is 9.59 Å². The summed E-state index contributed by atoms with van der Waals surface area (Å²) in [5.74, 6) is -0.0115. The van der Waals surface area contributed by atoms with E-state index in [-0.39, 0.29) is 18.4 Å². The molecular weight excluding hydrogens is 268 g/mol. The van der Waals surface area contributed by atoms with Crippen molar-refractivity contribution in [1.29, 1.82) is 0 Å². The Morgan fingerprint density at radius 3 is 2.00 bits per heavy atom. The lowest BCUT2D eigenvalue weighted by molar-refractivity contribution is -0.152. The summed E-state index contributed by atoms with van der Waals surface area (Å²) in [5, 5.41) is 0. The van der Waals surface area contributed by atoms with Gasteiger partial charge in [0.2, 0.25) is 5.91 Å². The van der Waals surface area contributed by atoms with E-state index in [9.17, 15) is 9.59 Å². The van der Waals surface area contributed by atoms with Gasteiger partial charge in [0.05, 0.1) is 12.5 Å². The second-order valence-electron chi connectivity index (χ2n) is 5.64. The van der Waals surface area contributed by atoms with Gasteiger partial charge in [0, 0.05) is 13.1 Å². The fraction of sp³-hybridized carbons (Fsp3) is 0.875. The molecule has 0 saturated carbocycles. The highest BCUT2D eigenvalue weighted by atomic mass is 16.5. The first kappa shape index (κ1) is 19.9. The molecule has 1 amide bonds. The Hall–Kier alpha value is -1.10. The third kappa shape index (κ3) is 5.30. The number of rotatable bonds is 10. The van der Waals surface area contributed by atoms with Crippen molar-refractivity contribution in [3.05, 3.63) is 0 Å². The number of hydrogen-bond acceptors (Lipinski definition) is 4. The molecule has 2 N–H and O–H groups in total. The molecule has 0 bridgehead atoms. The van der Waals surface area contributed by atoms with Gasteiger partial charge in [-0.25, -0.2) is 0 Å². The SMILES string of the molecule is CCC(CC)CN(CC(=O)OC)C(=O)C(CC)(CC)CN. The highest BCUT2D eigenvalue weighted by molar-refractivity contribution is 5.86. The van der Waals surface area contributed by atoms with Crippen molar-refractivity contribution in [3.63, 3.8) is 0 Å². The molecule has 124 valence electrons. The molecule has 5 heteroatoms. The molecule has 0 aliphatic rings. The summed E-state index contributed by atoms with van der Waals surface area (Å²) >= 11 is 0. The molecule has 0 aliphatic heterocycles. The van der Waals surface area contributed by atoms with Crippen LogP contribution in [0.1, 0.15) is 53.4 Å². The molecule has 0 fully saturated rings. The van der Waals surface area contributed by atoms with E-state index in [4.69, 9.17) is 10.5 Å². The zero-order chi connectivity index (χ0) is 16.5. The Morgan fingerprint density at radius 2 is 1.67 bits per heavy atom. The molecule has 0 unspecified atom stereocenters. The van der Waals surface area contributed by atoms with E-state index < -0.39 is 5.41 Å². The van der Waals surface area contributed by atoms with Crippen molar-refractivity contribution >= 4 is 11.9 Å². The van der Waals surface area contributed by atoms with Crippen molar-refractivity contribution in [2.45, 2.75) is 53.4 Å². The molecule has 0 saturated heterocycles. The third-order valence-electron chi connectivity index (χ3n) is 4.67.